The summed E-state index contributed by atoms with van der Waals surface area (Å²) in [6.07, 6.45) is 2.16. The molecule has 0 amide bonds. The molecule has 1 N–H and O–H groups in total. The third-order valence-corrected chi connectivity index (χ3v) is 5.96. The molecule has 4 nitrogen and oxygen atoms in total. The highest BCUT2D eigenvalue weighted by atomic mass is 32.2. The van der Waals surface area contributed by atoms with Gasteiger partial charge in [0.15, 0.2) is 0 Å². The zero-order valence-electron chi connectivity index (χ0n) is 13.1. The van der Waals surface area contributed by atoms with E-state index in [0.29, 0.717) is 12.5 Å². The number of nitrogens with zero attached hydrogens (tertiary/aromatic N) is 1. The Labute approximate surface area is 119 Å². The Bertz CT molecular complexity index is 365. The number of rotatable bonds is 5. The first kappa shape index (κ1) is 16.9. The van der Waals surface area contributed by atoms with Gasteiger partial charge in [-0.2, -0.15) is 4.31 Å². The second-order valence-electron chi connectivity index (χ2n) is 7.17. The van der Waals surface area contributed by atoms with Crippen molar-refractivity contribution in [2.45, 2.75) is 53.5 Å². The molecule has 0 unspecified atom stereocenters. The summed E-state index contributed by atoms with van der Waals surface area (Å²) < 4.78 is 26.9. The van der Waals surface area contributed by atoms with Crippen molar-refractivity contribution in [2.24, 2.45) is 11.3 Å². The van der Waals surface area contributed by atoms with Crippen molar-refractivity contribution < 1.29 is 8.42 Å². The lowest BCUT2D eigenvalue weighted by atomic mass is 9.98. The Balaban J connectivity index is 2.76. The van der Waals surface area contributed by atoms with E-state index in [1.165, 1.54) is 0 Å². The highest BCUT2D eigenvalue weighted by Crippen LogP contribution is 2.23. The molecule has 0 aromatic carbocycles. The molecule has 1 heterocycles. The molecular weight excluding hydrogens is 260 g/mol. The molecule has 19 heavy (non-hydrogen) atoms. The van der Waals surface area contributed by atoms with Crippen molar-refractivity contribution in [3.05, 3.63) is 0 Å². The Morgan fingerprint density at radius 1 is 1.21 bits per heavy atom. The van der Waals surface area contributed by atoms with Gasteiger partial charge in [-0.1, -0.05) is 20.8 Å². The summed E-state index contributed by atoms with van der Waals surface area (Å²) in [5.41, 5.74) is -0.194. The first-order valence-electron chi connectivity index (χ1n) is 7.32. The fraction of sp³-hybridized carbons (Fsp3) is 1.00. The smallest absolute Gasteiger partial charge is 0.214 e. The summed E-state index contributed by atoms with van der Waals surface area (Å²) in [7, 11) is -3.17. The topological polar surface area (TPSA) is 49.4 Å². The minimum absolute atomic E-state index is 0.0437. The molecule has 1 fully saturated rings. The van der Waals surface area contributed by atoms with Crippen LogP contribution in [0, 0.1) is 11.3 Å². The van der Waals surface area contributed by atoms with E-state index in [4.69, 9.17) is 0 Å². The molecule has 1 aliphatic heterocycles. The maximum Gasteiger partial charge on any atom is 0.214 e. The maximum atomic E-state index is 12.6. The lowest BCUT2D eigenvalue weighted by molar-refractivity contribution is 0.258. The van der Waals surface area contributed by atoms with Crippen LogP contribution in [0.1, 0.15) is 47.5 Å². The largest absolute Gasteiger partial charge is 0.317 e. The molecule has 1 rings (SSSR count). The van der Waals surface area contributed by atoms with E-state index in [9.17, 15) is 8.42 Å². The lowest BCUT2D eigenvalue weighted by Crippen LogP contribution is -2.45. The van der Waals surface area contributed by atoms with E-state index in [2.05, 4.69) is 5.32 Å². The molecule has 0 spiro atoms. The molecule has 5 heteroatoms. The zero-order chi connectivity index (χ0) is 14.7. The lowest BCUT2D eigenvalue weighted by Gasteiger charge is -2.33. The highest BCUT2D eigenvalue weighted by molar-refractivity contribution is 7.89. The van der Waals surface area contributed by atoms with E-state index in [-0.39, 0.29) is 17.2 Å². The Kier molecular flexibility index (Phi) is 5.83. The summed E-state index contributed by atoms with van der Waals surface area (Å²) in [6, 6.07) is 0.0437. The molecular formula is C14H30N2O2S. The fourth-order valence-electron chi connectivity index (χ4n) is 2.59. The van der Waals surface area contributed by atoms with Crippen molar-refractivity contribution >= 4 is 10.0 Å². The average Bonchev–Trinajstić information content (AvgIpc) is 2.23. The third-order valence-electron chi connectivity index (χ3n) is 3.45. The van der Waals surface area contributed by atoms with Gasteiger partial charge in [-0.15, -0.1) is 0 Å². The van der Waals surface area contributed by atoms with Gasteiger partial charge >= 0.3 is 0 Å². The van der Waals surface area contributed by atoms with E-state index >= 15 is 0 Å². The molecule has 114 valence electrons. The van der Waals surface area contributed by atoms with Gasteiger partial charge < -0.3 is 5.32 Å². The summed E-state index contributed by atoms with van der Waals surface area (Å²) in [5.74, 6) is 0.724. The van der Waals surface area contributed by atoms with E-state index < -0.39 is 10.0 Å². The summed E-state index contributed by atoms with van der Waals surface area (Å²) in [4.78, 5) is 0. The second kappa shape index (κ2) is 6.55. The second-order valence-corrected chi connectivity index (χ2v) is 9.10. The van der Waals surface area contributed by atoms with Gasteiger partial charge in [0.2, 0.25) is 10.0 Å². The van der Waals surface area contributed by atoms with Gasteiger partial charge in [-0.05, 0) is 51.1 Å². The third kappa shape index (κ3) is 5.79. The van der Waals surface area contributed by atoms with Gasteiger partial charge in [0.1, 0.15) is 0 Å². The SMILES string of the molecule is CC(C)N(CC1CCNCC1)S(=O)(=O)CC(C)(C)C. The van der Waals surface area contributed by atoms with Gasteiger partial charge in [0, 0.05) is 12.6 Å². The van der Waals surface area contributed by atoms with Gasteiger partial charge in [-0.3, -0.25) is 0 Å². The first-order valence-corrected chi connectivity index (χ1v) is 8.93. The van der Waals surface area contributed by atoms with Gasteiger partial charge in [0.25, 0.3) is 0 Å². The fourth-order valence-corrected chi connectivity index (χ4v) is 4.94. The Morgan fingerprint density at radius 2 is 1.74 bits per heavy atom. The van der Waals surface area contributed by atoms with Crippen molar-refractivity contribution in [3.63, 3.8) is 0 Å². The number of hydrogen-bond acceptors (Lipinski definition) is 3. The highest BCUT2D eigenvalue weighted by Gasteiger charge is 2.31. The van der Waals surface area contributed by atoms with Crippen LogP contribution in [-0.4, -0.2) is 44.2 Å². The molecule has 0 aromatic rings. The van der Waals surface area contributed by atoms with Crippen LogP contribution in [0.15, 0.2) is 0 Å². The van der Waals surface area contributed by atoms with E-state index in [1.54, 1.807) is 4.31 Å². The van der Waals surface area contributed by atoms with Gasteiger partial charge in [0.05, 0.1) is 5.75 Å². The average molecular weight is 290 g/mol. The van der Waals surface area contributed by atoms with Crippen LogP contribution in [-0.2, 0) is 10.0 Å². The first-order chi connectivity index (χ1) is 8.62. The summed E-state index contributed by atoms with van der Waals surface area (Å²) >= 11 is 0. The van der Waals surface area contributed by atoms with Crippen LogP contribution in [0.25, 0.3) is 0 Å². The van der Waals surface area contributed by atoms with E-state index in [0.717, 1.165) is 25.9 Å². The van der Waals surface area contributed by atoms with Crippen LogP contribution in [0.3, 0.4) is 0 Å². The molecule has 1 aliphatic rings. The summed E-state index contributed by atoms with van der Waals surface area (Å²) in [5, 5.41) is 3.33. The molecule has 0 radical (unpaired) electrons. The van der Waals surface area contributed by atoms with Crippen molar-refractivity contribution in [2.75, 3.05) is 25.4 Å². The predicted octanol–water partition coefficient (Wildman–Crippen LogP) is 2.07. The standard InChI is InChI=1S/C14H30N2O2S/c1-12(2)16(10-13-6-8-15-9-7-13)19(17,18)11-14(3,4)5/h12-13,15H,6-11H2,1-5H3. The van der Waals surface area contributed by atoms with Crippen LogP contribution in [0.5, 0.6) is 0 Å². The molecule has 0 atom stereocenters. The van der Waals surface area contributed by atoms with Crippen LogP contribution in [0.4, 0.5) is 0 Å². The van der Waals surface area contributed by atoms with Crippen LogP contribution in [0.2, 0.25) is 0 Å². The van der Waals surface area contributed by atoms with Crippen molar-refractivity contribution in [1.82, 2.24) is 9.62 Å². The quantitative estimate of drug-likeness (QED) is 0.843. The number of nitrogens with one attached hydrogen (secondary N) is 1. The van der Waals surface area contributed by atoms with E-state index in [1.807, 2.05) is 34.6 Å². The molecule has 0 aliphatic carbocycles. The number of piperidine rings is 1. The normalized spacial score (nSPS) is 19.3. The Morgan fingerprint density at radius 3 is 2.16 bits per heavy atom. The van der Waals surface area contributed by atoms with Crippen molar-refractivity contribution in [3.8, 4) is 0 Å². The maximum absolute atomic E-state index is 12.6. The number of hydrogen-bond donors (Lipinski definition) is 1. The zero-order valence-corrected chi connectivity index (χ0v) is 13.9. The number of sulfonamides is 1. The molecule has 0 aromatic heterocycles. The van der Waals surface area contributed by atoms with Crippen LogP contribution >= 0.6 is 0 Å². The Hall–Kier alpha value is -0.130. The molecule has 1 saturated heterocycles. The monoisotopic (exact) mass is 290 g/mol. The van der Waals surface area contributed by atoms with Crippen molar-refractivity contribution in [1.29, 1.82) is 0 Å². The van der Waals surface area contributed by atoms with Gasteiger partial charge in [-0.25, -0.2) is 8.42 Å². The predicted molar refractivity (Wildman–Crippen MR) is 80.7 cm³/mol. The molecule has 0 saturated carbocycles. The molecule has 0 bridgehead atoms. The minimum atomic E-state index is -3.17. The minimum Gasteiger partial charge on any atom is -0.317 e. The van der Waals surface area contributed by atoms with Crippen LogP contribution < -0.4 is 5.32 Å². The summed E-state index contributed by atoms with van der Waals surface area (Å²) in [6.45, 7) is 12.6.